The summed E-state index contributed by atoms with van der Waals surface area (Å²) in [6.07, 6.45) is 1.62. The summed E-state index contributed by atoms with van der Waals surface area (Å²) in [5.41, 5.74) is 2.25. The second-order valence-electron chi connectivity index (χ2n) is 9.58. The van der Waals surface area contributed by atoms with Crippen molar-refractivity contribution in [3.05, 3.63) is 86.3 Å². The molecule has 3 aromatic rings. The van der Waals surface area contributed by atoms with Crippen molar-refractivity contribution in [2.24, 2.45) is 5.92 Å². The van der Waals surface area contributed by atoms with Crippen molar-refractivity contribution >= 4 is 34.8 Å². The molecule has 0 saturated heterocycles. The number of fused-ring (bicyclic) bond motifs is 1. The maximum atomic E-state index is 13.8. The third-order valence-electron chi connectivity index (χ3n) is 6.87. The van der Waals surface area contributed by atoms with Crippen molar-refractivity contribution in [2.75, 3.05) is 26.2 Å². The minimum Gasteiger partial charge on any atom is -0.491 e. The number of amides is 2. The zero-order valence-corrected chi connectivity index (χ0v) is 22.9. The highest BCUT2D eigenvalue weighted by molar-refractivity contribution is 7.10. The lowest BCUT2D eigenvalue weighted by molar-refractivity contribution is -0.135. The number of aryl methyl sites for hydroxylation is 1. The molecule has 0 spiro atoms. The molecule has 2 amide bonds. The zero-order valence-electron chi connectivity index (χ0n) is 21.4. The van der Waals surface area contributed by atoms with Gasteiger partial charge in [-0.15, -0.1) is 11.3 Å². The van der Waals surface area contributed by atoms with E-state index in [-0.39, 0.29) is 35.9 Å². The Labute approximate surface area is 226 Å². The number of nitrogens with zero attached hydrogens (tertiary/aromatic N) is 2. The Bertz CT molecular complexity index is 1260. The van der Waals surface area contributed by atoms with Gasteiger partial charge in [0.15, 0.2) is 0 Å². The molecule has 1 aliphatic heterocycles. The number of ether oxygens (including phenoxy) is 1. The quantitative estimate of drug-likeness (QED) is 0.308. The summed E-state index contributed by atoms with van der Waals surface area (Å²) in [7, 11) is 0. The van der Waals surface area contributed by atoms with E-state index in [0.29, 0.717) is 30.5 Å². The Kier molecular flexibility index (Phi) is 8.87. The Morgan fingerprint density at radius 2 is 2.05 bits per heavy atom. The number of carbonyl (C=O) groups is 2. The number of benzene rings is 2. The SMILES string of the molecule is CC[C@@H](C)CN(CC(=O)N1CCc2sccc2[C@H]1COc1ccc(Cl)c(C)c1)C(=O)c1cccc(F)c1. The fourth-order valence-electron chi connectivity index (χ4n) is 4.54. The molecule has 0 N–H and O–H groups in total. The smallest absolute Gasteiger partial charge is 0.254 e. The molecule has 0 saturated carbocycles. The van der Waals surface area contributed by atoms with Gasteiger partial charge >= 0.3 is 0 Å². The van der Waals surface area contributed by atoms with Gasteiger partial charge in [-0.3, -0.25) is 9.59 Å². The third-order valence-corrected chi connectivity index (χ3v) is 8.29. The molecule has 2 heterocycles. The van der Waals surface area contributed by atoms with Gasteiger partial charge in [0.2, 0.25) is 5.91 Å². The topological polar surface area (TPSA) is 49.9 Å². The van der Waals surface area contributed by atoms with Crippen LogP contribution in [0.15, 0.2) is 53.9 Å². The number of thiophene rings is 1. The molecular weight excluding hydrogens is 511 g/mol. The number of hydrogen-bond acceptors (Lipinski definition) is 4. The van der Waals surface area contributed by atoms with Crippen molar-refractivity contribution in [3.63, 3.8) is 0 Å². The van der Waals surface area contributed by atoms with E-state index in [2.05, 4.69) is 6.07 Å². The van der Waals surface area contributed by atoms with E-state index < -0.39 is 5.82 Å². The monoisotopic (exact) mass is 542 g/mol. The highest BCUT2D eigenvalue weighted by Crippen LogP contribution is 2.34. The van der Waals surface area contributed by atoms with E-state index in [1.165, 1.54) is 23.1 Å². The lowest BCUT2D eigenvalue weighted by atomic mass is 10.00. The molecule has 37 heavy (non-hydrogen) atoms. The minimum atomic E-state index is -0.476. The van der Waals surface area contributed by atoms with Crippen molar-refractivity contribution in [1.29, 1.82) is 0 Å². The normalized spacial score (nSPS) is 15.7. The van der Waals surface area contributed by atoms with Crippen LogP contribution >= 0.6 is 22.9 Å². The predicted molar refractivity (Wildman–Crippen MR) is 146 cm³/mol. The van der Waals surface area contributed by atoms with Gasteiger partial charge in [-0.25, -0.2) is 4.39 Å². The molecule has 2 aromatic carbocycles. The summed E-state index contributed by atoms with van der Waals surface area (Å²) < 4.78 is 20.0. The first-order chi connectivity index (χ1) is 17.8. The van der Waals surface area contributed by atoms with E-state index in [9.17, 15) is 14.0 Å². The van der Waals surface area contributed by atoms with Crippen LogP contribution in [0.3, 0.4) is 0 Å². The second kappa shape index (κ2) is 12.1. The first-order valence-electron chi connectivity index (χ1n) is 12.6. The molecule has 196 valence electrons. The zero-order chi connectivity index (χ0) is 26.5. The van der Waals surface area contributed by atoms with Gasteiger partial charge in [-0.2, -0.15) is 0 Å². The summed E-state index contributed by atoms with van der Waals surface area (Å²) in [4.78, 5) is 31.7. The molecule has 2 atom stereocenters. The van der Waals surface area contributed by atoms with Crippen LogP contribution in [0.25, 0.3) is 0 Å². The Balaban J connectivity index is 1.55. The summed E-state index contributed by atoms with van der Waals surface area (Å²) >= 11 is 7.85. The Hall–Kier alpha value is -2.90. The standard InChI is InChI=1S/C29H32ClFN2O3S/c1-4-19(2)16-32(29(35)21-6-5-7-22(31)15-21)17-28(34)33-12-10-27-24(11-13-37-27)26(33)18-36-23-8-9-25(30)20(3)14-23/h5-9,11,13-15,19,26H,4,10,12,16-18H2,1-3H3/t19-,26-/m1/s1. The average Bonchev–Trinajstić information content (AvgIpc) is 3.37. The number of carbonyl (C=O) groups excluding carboxylic acids is 2. The molecule has 0 unspecified atom stereocenters. The Morgan fingerprint density at radius 1 is 1.24 bits per heavy atom. The summed E-state index contributed by atoms with van der Waals surface area (Å²) in [5, 5.41) is 2.71. The molecule has 0 aliphatic carbocycles. The van der Waals surface area contributed by atoms with E-state index in [0.717, 1.165) is 24.0 Å². The third kappa shape index (κ3) is 6.51. The number of hydrogen-bond donors (Lipinski definition) is 0. The van der Waals surface area contributed by atoms with Gasteiger partial charge < -0.3 is 14.5 Å². The van der Waals surface area contributed by atoms with E-state index in [4.69, 9.17) is 16.3 Å². The maximum Gasteiger partial charge on any atom is 0.254 e. The van der Waals surface area contributed by atoms with Crippen molar-refractivity contribution < 1.29 is 18.7 Å². The van der Waals surface area contributed by atoms with Crippen LogP contribution in [0, 0.1) is 18.7 Å². The summed E-state index contributed by atoms with van der Waals surface area (Å²) in [6, 6.07) is 12.9. The van der Waals surface area contributed by atoms with Crippen LogP contribution in [-0.4, -0.2) is 47.9 Å². The van der Waals surface area contributed by atoms with Gasteiger partial charge in [0.25, 0.3) is 5.91 Å². The van der Waals surface area contributed by atoms with Crippen LogP contribution in [0.2, 0.25) is 5.02 Å². The highest BCUT2D eigenvalue weighted by atomic mass is 35.5. The predicted octanol–water partition coefficient (Wildman–Crippen LogP) is 6.54. The number of halogens is 2. The first kappa shape index (κ1) is 27.1. The molecule has 1 aliphatic rings. The largest absolute Gasteiger partial charge is 0.491 e. The average molecular weight is 543 g/mol. The van der Waals surface area contributed by atoms with Gasteiger partial charge in [-0.1, -0.05) is 37.9 Å². The molecule has 1 aromatic heterocycles. The van der Waals surface area contributed by atoms with E-state index in [1.807, 2.05) is 43.2 Å². The van der Waals surface area contributed by atoms with E-state index >= 15 is 0 Å². The molecule has 8 heteroatoms. The van der Waals surface area contributed by atoms with Gasteiger partial charge in [0.05, 0.1) is 6.04 Å². The Morgan fingerprint density at radius 3 is 2.78 bits per heavy atom. The fraction of sp³-hybridized carbons (Fsp3) is 0.379. The van der Waals surface area contributed by atoms with Gasteiger partial charge in [0, 0.05) is 28.6 Å². The van der Waals surface area contributed by atoms with Crippen molar-refractivity contribution in [3.8, 4) is 5.75 Å². The molecule has 0 fully saturated rings. The second-order valence-corrected chi connectivity index (χ2v) is 11.0. The summed E-state index contributed by atoms with van der Waals surface area (Å²) in [5.74, 6) is -0.0771. The lowest BCUT2D eigenvalue weighted by Gasteiger charge is -2.37. The first-order valence-corrected chi connectivity index (χ1v) is 13.8. The molecular formula is C29H32ClFN2O3S. The van der Waals surface area contributed by atoms with Crippen LogP contribution in [0.1, 0.15) is 52.7 Å². The number of rotatable bonds is 9. The van der Waals surface area contributed by atoms with Gasteiger partial charge in [0.1, 0.15) is 24.7 Å². The van der Waals surface area contributed by atoms with Crippen molar-refractivity contribution in [1.82, 2.24) is 9.80 Å². The van der Waals surface area contributed by atoms with Crippen LogP contribution in [-0.2, 0) is 11.2 Å². The van der Waals surface area contributed by atoms with Crippen LogP contribution in [0.5, 0.6) is 5.75 Å². The molecule has 0 radical (unpaired) electrons. The van der Waals surface area contributed by atoms with Crippen LogP contribution < -0.4 is 4.74 Å². The molecule has 5 nitrogen and oxygen atoms in total. The van der Waals surface area contributed by atoms with Crippen LogP contribution in [0.4, 0.5) is 4.39 Å². The van der Waals surface area contributed by atoms with Gasteiger partial charge in [-0.05, 0) is 78.2 Å². The van der Waals surface area contributed by atoms with E-state index in [1.54, 1.807) is 28.4 Å². The molecule has 0 bridgehead atoms. The molecule has 4 rings (SSSR count). The minimum absolute atomic E-state index is 0.0737. The summed E-state index contributed by atoms with van der Waals surface area (Å²) in [6.45, 7) is 7.19. The lowest BCUT2D eigenvalue weighted by Crippen LogP contribution is -2.48. The fourth-order valence-corrected chi connectivity index (χ4v) is 5.59. The highest BCUT2D eigenvalue weighted by Gasteiger charge is 2.34. The maximum absolute atomic E-state index is 13.8. The van der Waals surface area contributed by atoms with Crippen molar-refractivity contribution in [2.45, 2.75) is 39.7 Å².